The topological polar surface area (TPSA) is 38.3 Å². The summed E-state index contributed by atoms with van der Waals surface area (Å²) >= 11 is 0. The highest BCUT2D eigenvalue weighted by Crippen LogP contribution is 1.78. The largest absolute Gasteiger partial charge is 0.372 e. The summed E-state index contributed by atoms with van der Waals surface area (Å²) in [6, 6.07) is 0.482. The molecule has 0 aliphatic carbocycles. The maximum absolute atomic E-state index is 10.4. The van der Waals surface area contributed by atoms with Crippen LogP contribution in [-0.4, -0.2) is 31.6 Å². The van der Waals surface area contributed by atoms with Crippen LogP contribution in [0.25, 0.3) is 0 Å². The van der Waals surface area contributed by atoms with E-state index in [1.807, 2.05) is 0 Å². The molecule has 0 aromatic rings. The molecular formula is C8H17NO2. The standard InChI is InChI=1S/C8H17NO2/c1-7(2)9-4-5-11-6-8(3)10/h7,9H,4-6H2,1-3H3. The van der Waals surface area contributed by atoms with Crippen molar-refractivity contribution in [2.75, 3.05) is 19.8 Å². The molecule has 0 rings (SSSR count). The molecule has 0 saturated carbocycles. The first-order valence-corrected chi connectivity index (χ1v) is 3.93. The van der Waals surface area contributed by atoms with Gasteiger partial charge >= 0.3 is 0 Å². The van der Waals surface area contributed by atoms with Crippen LogP contribution in [-0.2, 0) is 9.53 Å². The molecule has 0 fully saturated rings. The lowest BCUT2D eigenvalue weighted by Gasteiger charge is -2.07. The molecule has 0 saturated heterocycles. The van der Waals surface area contributed by atoms with Gasteiger partial charge in [-0.2, -0.15) is 0 Å². The second kappa shape index (κ2) is 6.31. The van der Waals surface area contributed by atoms with E-state index in [4.69, 9.17) is 4.74 Å². The number of Topliss-reactive ketones (excluding diaryl/α,β-unsaturated/α-hetero) is 1. The van der Waals surface area contributed by atoms with Crippen molar-refractivity contribution in [3.63, 3.8) is 0 Å². The third-order valence-corrected chi connectivity index (χ3v) is 1.10. The maximum Gasteiger partial charge on any atom is 0.155 e. The van der Waals surface area contributed by atoms with Crippen molar-refractivity contribution in [2.45, 2.75) is 26.8 Å². The van der Waals surface area contributed by atoms with E-state index in [0.717, 1.165) is 6.54 Å². The van der Waals surface area contributed by atoms with E-state index in [2.05, 4.69) is 19.2 Å². The van der Waals surface area contributed by atoms with Gasteiger partial charge in [0, 0.05) is 12.6 Å². The average molecular weight is 159 g/mol. The smallest absolute Gasteiger partial charge is 0.155 e. The zero-order valence-electron chi connectivity index (χ0n) is 7.52. The predicted molar refractivity (Wildman–Crippen MR) is 44.6 cm³/mol. The fourth-order valence-corrected chi connectivity index (χ4v) is 0.636. The summed E-state index contributed by atoms with van der Waals surface area (Å²) in [6.45, 7) is 7.33. The van der Waals surface area contributed by atoms with Crippen LogP contribution in [0.3, 0.4) is 0 Å². The van der Waals surface area contributed by atoms with Crippen LogP contribution >= 0.6 is 0 Å². The van der Waals surface area contributed by atoms with Crippen molar-refractivity contribution >= 4 is 5.78 Å². The van der Waals surface area contributed by atoms with Gasteiger partial charge in [-0.05, 0) is 6.92 Å². The van der Waals surface area contributed by atoms with Gasteiger partial charge in [-0.15, -0.1) is 0 Å². The molecule has 3 nitrogen and oxygen atoms in total. The van der Waals surface area contributed by atoms with Crippen molar-refractivity contribution in [1.82, 2.24) is 5.32 Å². The van der Waals surface area contributed by atoms with E-state index >= 15 is 0 Å². The number of ether oxygens (including phenoxy) is 1. The molecule has 0 aliphatic heterocycles. The lowest BCUT2D eigenvalue weighted by atomic mass is 10.4. The van der Waals surface area contributed by atoms with E-state index in [-0.39, 0.29) is 12.4 Å². The monoisotopic (exact) mass is 159 g/mol. The van der Waals surface area contributed by atoms with E-state index in [9.17, 15) is 4.79 Å². The van der Waals surface area contributed by atoms with Crippen molar-refractivity contribution in [2.24, 2.45) is 0 Å². The average Bonchev–Trinajstić information content (AvgIpc) is 1.85. The first-order chi connectivity index (χ1) is 5.13. The quantitative estimate of drug-likeness (QED) is 0.576. The molecule has 0 heterocycles. The number of hydrogen-bond donors (Lipinski definition) is 1. The van der Waals surface area contributed by atoms with E-state index < -0.39 is 0 Å². The minimum atomic E-state index is 0.0783. The molecule has 0 atom stereocenters. The molecule has 0 bridgehead atoms. The van der Waals surface area contributed by atoms with Crippen LogP contribution in [0.2, 0.25) is 0 Å². The molecule has 11 heavy (non-hydrogen) atoms. The van der Waals surface area contributed by atoms with Crippen LogP contribution in [0.15, 0.2) is 0 Å². The van der Waals surface area contributed by atoms with Gasteiger partial charge in [-0.3, -0.25) is 4.79 Å². The molecule has 0 aromatic carbocycles. The summed E-state index contributed by atoms with van der Waals surface area (Å²) in [4.78, 5) is 10.4. The van der Waals surface area contributed by atoms with Crippen LogP contribution in [0.4, 0.5) is 0 Å². The number of carbonyl (C=O) groups excluding carboxylic acids is 1. The summed E-state index contributed by atoms with van der Waals surface area (Å²) in [5, 5.41) is 3.18. The summed E-state index contributed by atoms with van der Waals surface area (Å²) in [7, 11) is 0. The Hall–Kier alpha value is -0.410. The predicted octanol–water partition coefficient (Wildman–Crippen LogP) is 0.590. The molecule has 1 N–H and O–H groups in total. The third kappa shape index (κ3) is 9.59. The van der Waals surface area contributed by atoms with Gasteiger partial charge in [0.1, 0.15) is 6.61 Å². The summed E-state index contributed by atoms with van der Waals surface area (Å²) < 4.78 is 5.03. The van der Waals surface area contributed by atoms with Gasteiger partial charge in [0.05, 0.1) is 6.61 Å². The molecular weight excluding hydrogens is 142 g/mol. The SMILES string of the molecule is CC(=O)COCCNC(C)C. The second-order valence-electron chi connectivity index (χ2n) is 2.86. The molecule has 0 amide bonds. The zero-order chi connectivity index (χ0) is 8.69. The lowest BCUT2D eigenvalue weighted by molar-refractivity contribution is -0.121. The van der Waals surface area contributed by atoms with Crippen molar-refractivity contribution in [1.29, 1.82) is 0 Å². The van der Waals surface area contributed by atoms with Gasteiger partial charge < -0.3 is 10.1 Å². The zero-order valence-corrected chi connectivity index (χ0v) is 7.52. The Labute approximate surface area is 68.1 Å². The van der Waals surface area contributed by atoms with Crippen LogP contribution in [0.1, 0.15) is 20.8 Å². The van der Waals surface area contributed by atoms with Gasteiger partial charge in [-0.1, -0.05) is 13.8 Å². The molecule has 66 valence electrons. The number of hydrogen-bond acceptors (Lipinski definition) is 3. The van der Waals surface area contributed by atoms with Crippen LogP contribution in [0, 0.1) is 0 Å². The highest BCUT2D eigenvalue weighted by Gasteiger charge is 1.93. The maximum atomic E-state index is 10.4. The lowest BCUT2D eigenvalue weighted by Crippen LogP contribution is -2.27. The Bertz CT molecular complexity index is 113. The van der Waals surface area contributed by atoms with Gasteiger partial charge in [0.25, 0.3) is 0 Å². The summed E-state index contributed by atoms with van der Waals surface area (Å²) in [5.74, 6) is 0.0783. The fraction of sp³-hybridized carbons (Fsp3) is 0.875. The Balaban J connectivity index is 2.97. The molecule has 0 aromatic heterocycles. The van der Waals surface area contributed by atoms with Crippen LogP contribution < -0.4 is 5.32 Å². The van der Waals surface area contributed by atoms with Crippen molar-refractivity contribution in [3.05, 3.63) is 0 Å². The number of nitrogens with one attached hydrogen (secondary N) is 1. The molecule has 0 radical (unpaired) electrons. The highest BCUT2D eigenvalue weighted by atomic mass is 16.5. The van der Waals surface area contributed by atoms with Crippen molar-refractivity contribution in [3.8, 4) is 0 Å². The Morgan fingerprint density at radius 1 is 1.55 bits per heavy atom. The van der Waals surface area contributed by atoms with E-state index in [1.165, 1.54) is 6.92 Å². The minimum Gasteiger partial charge on any atom is -0.372 e. The van der Waals surface area contributed by atoms with Crippen molar-refractivity contribution < 1.29 is 9.53 Å². The first-order valence-electron chi connectivity index (χ1n) is 3.93. The summed E-state index contributed by atoms with van der Waals surface area (Å²) in [5.41, 5.74) is 0. The summed E-state index contributed by atoms with van der Waals surface area (Å²) in [6.07, 6.45) is 0. The molecule has 3 heteroatoms. The minimum absolute atomic E-state index is 0.0783. The Morgan fingerprint density at radius 3 is 2.64 bits per heavy atom. The number of ketones is 1. The van der Waals surface area contributed by atoms with E-state index in [1.54, 1.807) is 0 Å². The highest BCUT2D eigenvalue weighted by molar-refractivity contribution is 5.76. The number of carbonyl (C=O) groups is 1. The molecule has 0 spiro atoms. The molecule has 0 aliphatic rings. The Morgan fingerprint density at radius 2 is 2.18 bits per heavy atom. The van der Waals surface area contributed by atoms with Crippen LogP contribution in [0.5, 0.6) is 0 Å². The van der Waals surface area contributed by atoms with E-state index in [0.29, 0.717) is 12.6 Å². The normalized spacial score (nSPS) is 10.5. The molecule has 0 unspecified atom stereocenters. The van der Waals surface area contributed by atoms with Gasteiger partial charge in [0.15, 0.2) is 5.78 Å². The third-order valence-electron chi connectivity index (χ3n) is 1.10. The van der Waals surface area contributed by atoms with Gasteiger partial charge in [-0.25, -0.2) is 0 Å². The first kappa shape index (κ1) is 10.6. The number of rotatable bonds is 6. The van der Waals surface area contributed by atoms with Gasteiger partial charge in [0.2, 0.25) is 0 Å². The Kier molecular flexibility index (Phi) is 6.07. The second-order valence-corrected chi connectivity index (χ2v) is 2.86. The fourth-order valence-electron chi connectivity index (χ4n) is 0.636.